The van der Waals surface area contributed by atoms with Crippen molar-refractivity contribution in [2.45, 2.75) is 167 Å². The van der Waals surface area contributed by atoms with Gasteiger partial charge in [-0.3, -0.25) is 4.79 Å². The van der Waals surface area contributed by atoms with Crippen LogP contribution < -0.4 is 0 Å². The molecule has 3 aliphatic heterocycles. The van der Waals surface area contributed by atoms with Gasteiger partial charge in [0, 0.05) is 18.3 Å². The normalized spacial score (nSPS) is 58.8. The summed E-state index contributed by atoms with van der Waals surface area (Å²) in [6.07, 6.45) is 1.72. The number of aliphatic hydroxyl groups excluding tert-OH is 4. The quantitative estimate of drug-likeness (QED) is 0.260. The lowest BCUT2D eigenvalue weighted by atomic mass is 9.41. The van der Waals surface area contributed by atoms with Crippen molar-refractivity contribution in [1.29, 1.82) is 0 Å². The lowest BCUT2D eigenvalue weighted by Gasteiger charge is -2.63. The number of hydrogen-bond donors (Lipinski definition) is 4. The van der Waals surface area contributed by atoms with Gasteiger partial charge in [0.1, 0.15) is 36.1 Å². The van der Waals surface area contributed by atoms with E-state index in [2.05, 4.69) is 34.6 Å². The summed E-state index contributed by atoms with van der Waals surface area (Å²) in [5, 5.41) is 43.7. The van der Waals surface area contributed by atoms with E-state index in [-0.39, 0.29) is 58.3 Å². The number of rotatable bonds is 4. The molecule has 266 valence electrons. The first-order valence-corrected chi connectivity index (χ1v) is 18.4. The number of carbonyl (C=O) groups excluding carboxylic acids is 1. The van der Waals surface area contributed by atoms with Gasteiger partial charge in [-0.15, -0.1) is 0 Å². The zero-order chi connectivity index (χ0) is 33.9. The van der Waals surface area contributed by atoms with Gasteiger partial charge in [-0.05, 0) is 105 Å². The molecule has 8 fully saturated rings. The molecule has 0 aromatic rings. The molecule has 5 aliphatic carbocycles. The lowest BCUT2D eigenvalue weighted by Crippen LogP contribution is -2.61. The molecule has 47 heavy (non-hydrogen) atoms. The van der Waals surface area contributed by atoms with E-state index in [1.165, 1.54) is 6.92 Å². The Balaban J connectivity index is 1.09. The fourth-order valence-corrected chi connectivity index (χ4v) is 14.4. The third-order valence-corrected chi connectivity index (χ3v) is 16.3. The van der Waals surface area contributed by atoms with Gasteiger partial charge in [0.05, 0.1) is 18.8 Å². The molecule has 0 radical (unpaired) electrons. The van der Waals surface area contributed by atoms with Crippen LogP contribution in [0.4, 0.5) is 0 Å². The van der Waals surface area contributed by atoms with Gasteiger partial charge in [-0.25, -0.2) is 0 Å². The maximum atomic E-state index is 12.8. The van der Waals surface area contributed by atoms with Crippen molar-refractivity contribution >= 4 is 5.97 Å². The minimum atomic E-state index is -1.29. The Bertz CT molecular complexity index is 1320. The molecule has 10 heteroatoms. The average Bonchev–Trinajstić information content (AvgIpc) is 3.49. The van der Waals surface area contributed by atoms with E-state index < -0.39 is 53.6 Å². The summed E-state index contributed by atoms with van der Waals surface area (Å²) >= 11 is 0. The fourth-order valence-electron chi connectivity index (χ4n) is 14.4. The summed E-state index contributed by atoms with van der Waals surface area (Å²) in [7, 11) is 0. The Kier molecular flexibility index (Phi) is 7.03. The van der Waals surface area contributed by atoms with Crippen LogP contribution in [-0.4, -0.2) is 93.4 Å². The zero-order valence-electron chi connectivity index (χ0n) is 29.5. The summed E-state index contributed by atoms with van der Waals surface area (Å²) in [5.74, 6) is -0.402. The number of ether oxygens (including phenoxy) is 5. The van der Waals surface area contributed by atoms with Crippen molar-refractivity contribution < 1.29 is 48.9 Å². The average molecular weight is 663 g/mol. The molecule has 17 atom stereocenters. The van der Waals surface area contributed by atoms with Crippen molar-refractivity contribution in [3.05, 3.63) is 0 Å². The highest BCUT2D eigenvalue weighted by Crippen LogP contribution is 2.90. The zero-order valence-corrected chi connectivity index (χ0v) is 29.5. The van der Waals surface area contributed by atoms with Crippen LogP contribution in [0.25, 0.3) is 0 Å². The van der Waals surface area contributed by atoms with Gasteiger partial charge in [0.15, 0.2) is 12.1 Å². The Hall–Kier alpha value is -0.850. The van der Waals surface area contributed by atoms with Crippen LogP contribution in [0.15, 0.2) is 0 Å². The summed E-state index contributed by atoms with van der Waals surface area (Å²) in [6.45, 7) is 16.8. The Labute approximate surface area is 279 Å². The first-order valence-electron chi connectivity index (χ1n) is 18.4. The van der Waals surface area contributed by atoms with Gasteiger partial charge >= 0.3 is 5.97 Å². The molecule has 3 heterocycles. The van der Waals surface area contributed by atoms with E-state index in [0.29, 0.717) is 11.8 Å². The summed E-state index contributed by atoms with van der Waals surface area (Å²) in [6, 6.07) is 0. The van der Waals surface area contributed by atoms with Crippen LogP contribution in [0, 0.1) is 50.7 Å². The third-order valence-electron chi connectivity index (χ3n) is 16.3. The summed E-state index contributed by atoms with van der Waals surface area (Å²) in [5.41, 5.74) is -1.36. The maximum absolute atomic E-state index is 12.8. The SMILES string of the molecule is CC(=O)OC(C)(C)[C@@H]1O[C@@]23OC1C[C@@H](C)C2[C@@]1(C)CCC24CC25CC[C@H](O[C@H]2OC[C@H](O)[C@H](O)[C@H]2O)C(C)(C)C5CCC4[C@]1(C)[C@H]3O. The predicted octanol–water partition coefficient (Wildman–Crippen LogP) is 3.69. The Morgan fingerprint density at radius 3 is 2.28 bits per heavy atom. The molecule has 6 unspecified atom stereocenters. The first-order chi connectivity index (χ1) is 21.8. The lowest BCUT2D eigenvalue weighted by molar-refractivity contribution is -0.303. The molecule has 10 nitrogen and oxygen atoms in total. The van der Waals surface area contributed by atoms with Crippen LogP contribution in [0.3, 0.4) is 0 Å². The Morgan fingerprint density at radius 2 is 1.57 bits per heavy atom. The minimum absolute atomic E-state index is 0.0329. The summed E-state index contributed by atoms with van der Waals surface area (Å²) < 4.78 is 31.9. The molecule has 4 N–H and O–H groups in total. The number of esters is 1. The van der Waals surface area contributed by atoms with E-state index in [1.807, 2.05) is 13.8 Å². The second-order valence-corrected chi connectivity index (χ2v) is 18.8. The van der Waals surface area contributed by atoms with E-state index in [0.717, 1.165) is 51.4 Å². The van der Waals surface area contributed by atoms with E-state index in [4.69, 9.17) is 23.7 Å². The molecule has 3 spiro atoms. The van der Waals surface area contributed by atoms with E-state index in [1.54, 1.807) is 0 Å². The molecule has 8 rings (SSSR count). The van der Waals surface area contributed by atoms with Crippen LogP contribution in [0.5, 0.6) is 0 Å². The van der Waals surface area contributed by atoms with Gasteiger partial charge in [0.25, 0.3) is 0 Å². The smallest absolute Gasteiger partial charge is 0.303 e. The summed E-state index contributed by atoms with van der Waals surface area (Å²) in [4.78, 5) is 12.1. The molecular weight excluding hydrogens is 604 g/mol. The van der Waals surface area contributed by atoms with Crippen molar-refractivity contribution in [3.63, 3.8) is 0 Å². The van der Waals surface area contributed by atoms with Gasteiger partial charge in [0.2, 0.25) is 0 Å². The highest BCUT2D eigenvalue weighted by molar-refractivity contribution is 5.66. The van der Waals surface area contributed by atoms with E-state index >= 15 is 0 Å². The molecule has 8 aliphatic rings. The molecule has 0 aromatic carbocycles. The maximum Gasteiger partial charge on any atom is 0.303 e. The van der Waals surface area contributed by atoms with Crippen LogP contribution in [0.1, 0.15) is 107 Å². The second-order valence-electron chi connectivity index (χ2n) is 18.8. The first kappa shape index (κ1) is 33.3. The largest absolute Gasteiger partial charge is 0.457 e. The number of carbonyl (C=O) groups is 1. The molecule has 3 saturated heterocycles. The highest BCUT2D eigenvalue weighted by Gasteiger charge is 2.88. The molecule has 0 amide bonds. The molecule has 5 saturated carbocycles. The fraction of sp³-hybridized carbons (Fsp3) is 0.973. The number of fused-ring (bicyclic) bond motifs is 4. The topological polar surface area (TPSA) is 144 Å². The van der Waals surface area contributed by atoms with Gasteiger partial charge in [-0.1, -0.05) is 34.6 Å². The van der Waals surface area contributed by atoms with Gasteiger partial charge < -0.3 is 44.1 Å². The molecular formula is C37H58O10. The van der Waals surface area contributed by atoms with Crippen LogP contribution in [-0.2, 0) is 28.5 Å². The van der Waals surface area contributed by atoms with Crippen molar-refractivity contribution in [2.75, 3.05) is 6.61 Å². The number of aliphatic hydroxyl groups is 4. The van der Waals surface area contributed by atoms with Crippen LogP contribution in [0.2, 0.25) is 0 Å². The minimum Gasteiger partial charge on any atom is -0.457 e. The van der Waals surface area contributed by atoms with Gasteiger partial charge in [-0.2, -0.15) is 0 Å². The van der Waals surface area contributed by atoms with Crippen molar-refractivity contribution in [3.8, 4) is 0 Å². The monoisotopic (exact) mass is 662 g/mol. The van der Waals surface area contributed by atoms with Crippen molar-refractivity contribution in [2.24, 2.45) is 50.7 Å². The standard InChI is InChI=1S/C37H58O10/c1-18-15-21-28(32(5,6)45-19(2)38)47-37(46-21)27(18)33(7)13-14-36-17-35(36)12-11-24(44-29-26(41)25(40)20(39)16-43-29)31(3,4)22(35)9-10-23(36)34(33,8)30(37)42/h18,20-30,39-42H,9-17H2,1-8H3/t18-,20+,21?,22?,23?,24+,25+,26-,27?,28-,29-,30-,33-,34-,35?,36?,37+/m1/s1. The third kappa shape index (κ3) is 3.88. The highest BCUT2D eigenvalue weighted by atomic mass is 16.8. The van der Waals surface area contributed by atoms with Crippen molar-refractivity contribution in [1.82, 2.24) is 0 Å². The van der Waals surface area contributed by atoms with E-state index in [9.17, 15) is 25.2 Å². The van der Waals surface area contributed by atoms with Crippen LogP contribution >= 0.6 is 0 Å². The second kappa shape index (κ2) is 9.93. The molecule has 2 bridgehead atoms. The Morgan fingerprint density at radius 1 is 0.894 bits per heavy atom. The number of hydrogen-bond acceptors (Lipinski definition) is 10. The molecule has 0 aromatic heterocycles. The predicted molar refractivity (Wildman–Crippen MR) is 168 cm³/mol.